The molecule has 3 rings (SSSR count). The lowest BCUT2D eigenvalue weighted by molar-refractivity contribution is 0.100. The van der Waals surface area contributed by atoms with Gasteiger partial charge in [0.1, 0.15) is 18.5 Å². The van der Waals surface area contributed by atoms with E-state index in [1.54, 1.807) is 18.5 Å². The van der Waals surface area contributed by atoms with Gasteiger partial charge in [-0.05, 0) is 37.1 Å². The van der Waals surface area contributed by atoms with Crippen molar-refractivity contribution in [1.29, 1.82) is 0 Å². The predicted molar refractivity (Wildman–Crippen MR) is 76.0 cm³/mol. The highest BCUT2D eigenvalue weighted by molar-refractivity contribution is 5.18. The third-order valence-electron chi connectivity index (χ3n) is 4.03. The summed E-state index contributed by atoms with van der Waals surface area (Å²) in [5, 5.41) is 14.5. The third-order valence-corrected chi connectivity index (χ3v) is 4.03. The van der Waals surface area contributed by atoms with Gasteiger partial charge in [0.2, 0.25) is 0 Å². The highest BCUT2D eigenvalue weighted by Gasteiger charge is 2.27. The van der Waals surface area contributed by atoms with Crippen LogP contribution in [-0.4, -0.2) is 43.9 Å². The first-order valence-electron chi connectivity index (χ1n) is 7.22. The molecule has 0 aliphatic carbocycles. The Balaban J connectivity index is 1.61. The summed E-state index contributed by atoms with van der Waals surface area (Å²) in [4.78, 5) is 6.23. The summed E-state index contributed by atoms with van der Waals surface area (Å²) in [5.74, 6) is -0.281. The van der Waals surface area contributed by atoms with Crippen LogP contribution in [0.2, 0.25) is 0 Å². The monoisotopic (exact) mass is 290 g/mol. The zero-order chi connectivity index (χ0) is 14.7. The Kier molecular flexibility index (Phi) is 4.26. The van der Waals surface area contributed by atoms with Crippen LogP contribution in [-0.2, 0) is 6.54 Å². The van der Waals surface area contributed by atoms with Gasteiger partial charge in [0, 0.05) is 12.6 Å². The molecule has 112 valence electrons. The second-order valence-electron chi connectivity index (χ2n) is 5.48. The van der Waals surface area contributed by atoms with Crippen LogP contribution in [0.5, 0.6) is 0 Å². The van der Waals surface area contributed by atoms with Gasteiger partial charge < -0.3 is 5.11 Å². The van der Waals surface area contributed by atoms with Crippen LogP contribution >= 0.6 is 0 Å². The Morgan fingerprint density at radius 2 is 2.14 bits per heavy atom. The SMILES string of the molecule is O[C@@H](CN1CCC[C@@H]1Cn1cncn1)c1ccc(F)cc1. The van der Waals surface area contributed by atoms with Crippen molar-refractivity contribution < 1.29 is 9.50 Å². The van der Waals surface area contributed by atoms with E-state index >= 15 is 0 Å². The zero-order valence-electron chi connectivity index (χ0n) is 11.8. The van der Waals surface area contributed by atoms with E-state index < -0.39 is 6.10 Å². The molecule has 6 heteroatoms. The van der Waals surface area contributed by atoms with E-state index in [2.05, 4.69) is 15.0 Å². The number of likely N-dealkylation sites (tertiary alicyclic amines) is 1. The fourth-order valence-corrected chi connectivity index (χ4v) is 2.90. The number of aliphatic hydroxyl groups is 1. The summed E-state index contributed by atoms with van der Waals surface area (Å²) >= 11 is 0. The van der Waals surface area contributed by atoms with Gasteiger partial charge in [0.05, 0.1) is 12.6 Å². The van der Waals surface area contributed by atoms with Gasteiger partial charge in [-0.2, -0.15) is 5.10 Å². The Morgan fingerprint density at radius 1 is 1.33 bits per heavy atom. The first kappa shape index (κ1) is 14.2. The lowest BCUT2D eigenvalue weighted by Crippen LogP contribution is -2.36. The van der Waals surface area contributed by atoms with E-state index in [0.717, 1.165) is 31.5 Å². The molecule has 2 atom stereocenters. The summed E-state index contributed by atoms with van der Waals surface area (Å²) in [6.45, 7) is 2.32. The molecule has 5 nitrogen and oxygen atoms in total. The summed E-state index contributed by atoms with van der Waals surface area (Å²) in [6, 6.07) is 6.41. The third kappa shape index (κ3) is 3.46. The van der Waals surface area contributed by atoms with E-state index in [4.69, 9.17) is 0 Å². The quantitative estimate of drug-likeness (QED) is 0.909. The van der Waals surface area contributed by atoms with Gasteiger partial charge in [0.15, 0.2) is 0 Å². The summed E-state index contributed by atoms with van der Waals surface area (Å²) in [7, 11) is 0. The number of halogens is 1. The fourth-order valence-electron chi connectivity index (χ4n) is 2.90. The first-order chi connectivity index (χ1) is 10.2. The van der Waals surface area contributed by atoms with Crippen molar-refractivity contribution >= 4 is 0 Å². The van der Waals surface area contributed by atoms with Crippen molar-refractivity contribution in [3.8, 4) is 0 Å². The van der Waals surface area contributed by atoms with Crippen LogP contribution in [0, 0.1) is 5.82 Å². The van der Waals surface area contributed by atoms with Crippen LogP contribution in [0.25, 0.3) is 0 Å². The van der Waals surface area contributed by atoms with Crippen molar-refractivity contribution in [3.63, 3.8) is 0 Å². The minimum Gasteiger partial charge on any atom is -0.387 e. The number of rotatable bonds is 5. The Hall–Kier alpha value is -1.79. The van der Waals surface area contributed by atoms with E-state index in [0.29, 0.717) is 12.6 Å². The van der Waals surface area contributed by atoms with Gasteiger partial charge in [-0.15, -0.1) is 0 Å². The maximum Gasteiger partial charge on any atom is 0.137 e. The maximum atomic E-state index is 12.9. The molecule has 1 aromatic heterocycles. The van der Waals surface area contributed by atoms with Gasteiger partial charge >= 0.3 is 0 Å². The Labute approximate surface area is 123 Å². The van der Waals surface area contributed by atoms with E-state index in [9.17, 15) is 9.50 Å². The van der Waals surface area contributed by atoms with Crippen molar-refractivity contribution in [2.45, 2.75) is 31.5 Å². The second-order valence-corrected chi connectivity index (χ2v) is 5.48. The molecule has 0 amide bonds. The van der Waals surface area contributed by atoms with Crippen molar-refractivity contribution in [2.24, 2.45) is 0 Å². The summed E-state index contributed by atoms with van der Waals surface area (Å²) in [6.07, 6.45) is 4.87. The number of hydrogen-bond donors (Lipinski definition) is 1. The Morgan fingerprint density at radius 3 is 2.86 bits per heavy atom. The molecule has 1 aromatic carbocycles. The molecular weight excluding hydrogens is 271 g/mol. The summed E-state index contributed by atoms with van der Waals surface area (Å²) < 4.78 is 14.7. The van der Waals surface area contributed by atoms with Crippen LogP contribution in [0.4, 0.5) is 4.39 Å². The predicted octanol–water partition coefficient (Wildman–Crippen LogP) is 1.62. The molecule has 0 unspecified atom stereocenters. The molecule has 1 fully saturated rings. The molecule has 1 saturated heterocycles. The fraction of sp³-hybridized carbons (Fsp3) is 0.467. The van der Waals surface area contributed by atoms with Gasteiger partial charge in [-0.1, -0.05) is 12.1 Å². The molecule has 2 aromatic rings. The van der Waals surface area contributed by atoms with Crippen molar-refractivity contribution in [1.82, 2.24) is 19.7 Å². The largest absolute Gasteiger partial charge is 0.387 e. The molecule has 1 aliphatic heterocycles. The highest BCUT2D eigenvalue weighted by Crippen LogP contribution is 2.23. The lowest BCUT2D eigenvalue weighted by atomic mass is 10.1. The molecule has 0 spiro atoms. The van der Waals surface area contributed by atoms with Gasteiger partial charge in [-0.25, -0.2) is 9.37 Å². The van der Waals surface area contributed by atoms with Gasteiger partial charge in [-0.3, -0.25) is 9.58 Å². The molecule has 1 N–H and O–H groups in total. The highest BCUT2D eigenvalue weighted by atomic mass is 19.1. The average Bonchev–Trinajstić information content (AvgIpc) is 3.13. The van der Waals surface area contributed by atoms with Crippen LogP contribution in [0.3, 0.4) is 0 Å². The normalized spacial score (nSPS) is 20.8. The van der Waals surface area contributed by atoms with Crippen molar-refractivity contribution in [3.05, 3.63) is 48.3 Å². The van der Waals surface area contributed by atoms with E-state index in [-0.39, 0.29) is 5.82 Å². The first-order valence-corrected chi connectivity index (χ1v) is 7.22. The number of aliphatic hydroxyl groups excluding tert-OH is 1. The lowest BCUT2D eigenvalue weighted by Gasteiger charge is -2.26. The topological polar surface area (TPSA) is 54.2 Å². The average molecular weight is 290 g/mol. The zero-order valence-corrected chi connectivity index (χ0v) is 11.8. The molecule has 21 heavy (non-hydrogen) atoms. The van der Waals surface area contributed by atoms with Gasteiger partial charge in [0.25, 0.3) is 0 Å². The van der Waals surface area contributed by atoms with Crippen LogP contribution in [0.1, 0.15) is 24.5 Å². The molecular formula is C15H19FN4O. The minimum atomic E-state index is -0.595. The molecule has 1 aliphatic rings. The smallest absolute Gasteiger partial charge is 0.137 e. The van der Waals surface area contributed by atoms with Crippen molar-refractivity contribution in [2.75, 3.05) is 13.1 Å². The standard InChI is InChI=1S/C15H19FN4O/c16-13-5-3-12(4-6-13)15(21)9-19-7-1-2-14(19)8-20-11-17-10-18-20/h3-6,10-11,14-15,21H,1-2,7-9H2/t14-,15+/m1/s1. The minimum absolute atomic E-state index is 0.281. The van der Waals surface area contributed by atoms with Crippen LogP contribution in [0.15, 0.2) is 36.9 Å². The number of aromatic nitrogens is 3. The molecule has 0 saturated carbocycles. The van der Waals surface area contributed by atoms with Crippen LogP contribution < -0.4 is 0 Å². The molecule has 2 heterocycles. The van der Waals surface area contributed by atoms with E-state index in [1.165, 1.54) is 18.5 Å². The number of hydrogen-bond acceptors (Lipinski definition) is 4. The number of β-amino-alcohol motifs (C(OH)–C–C–N with tert-alkyl or cyclic N) is 1. The maximum absolute atomic E-state index is 12.9. The van der Waals surface area contributed by atoms with E-state index in [1.807, 2.05) is 4.68 Å². The number of benzene rings is 1. The molecule has 0 bridgehead atoms. The molecule has 0 radical (unpaired) electrons. The number of nitrogens with zero attached hydrogens (tertiary/aromatic N) is 4. The summed E-state index contributed by atoms with van der Waals surface area (Å²) in [5.41, 5.74) is 0.753. The second kappa shape index (κ2) is 6.32. The Bertz CT molecular complexity index is 558.